The molecular weight excluding hydrogens is 300 g/mol. The second-order valence-electron chi connectivity index (χ2n) is 5.55. The smallest absolute Gasteiger partial charge is 0.264 e. The van der Waals surface area contributed by atoms with Gasteiger partial charge < -0.3 is 9.16 Å². The van der Waals surface area contributed by atoms with Crippen LogP contribution < -0.4 is 0 Å². The van der Waals surface area contributed by atoms with Crippen LogP contribution in [0.15, 0.2) is 35.8 Å². The predicted octanol–water partition coefficient (Wildman–Crippen LogP) is 6.13. The van der Waals surface area contributed by atoms with Gasteiger partial charge in [0.05, 0.1) is 0 Å². The highest BCUT2D eigenvalue weighted by atomic mass is 35.5. The van der Waals surface area contributed by atoms with Gasteiger partial charge in [-0.15, -0.1) is 0 Å². The molecule has 0 amide bonds. The van der Waals surface area contributed by atoms with E-state index in [1.54, 1.807) is 0 Å². The molecule has 0 aliphatic rings. The number of allylic oxidation sites excluding steroid dienone is 1. The normalized spacial score (nSPS) is 11.1. The molecular formula is C17H27ClO2Si. The van der Waals surface area contributed by atoms with Crippen LogP contribution in [0, 0.1) is 0 Å². The van der Waals surface area contributed by atoms with E-state index in [0.717, 1.165) is 34.3 Å². The van der Waals surface area contributed by atoms with Gasteiger partial charge in [-0.3, -0.25) is 0 Å². The highest BCUT2D eigenvalue weighted by molar-refractivity contribution is 6.73. The Balaban J connectivity index is 2.75. The van der Waals surface area contributed by atoms with Crippen molar-refractivity contribution in [3.05, 3.63) is 46.4 Å². The Morgan fingerprint density at radius 1 is 1.00 bits per heavy atom. The first-order valence-corrected chi connectivity index (χ1v) is 10.6. The van der Waals surface area contributed by atoms with Gasteiger partial charge >= 0.3 is 0 Å². The molecule has 0 saturated heterocycles. The van der Waals surface area contributed by atoms with E-state index in [9.17, 15) is 0 Å². The van der Waals surface area contributed by atoms with Crippen LogP contribution >= 0.6 is 11.6 Å². The van der Waals surface area contributed by atoms with E-state index in [2.05, 4.69) is 20.8 Å². The average molecular weight is 327 g/mol. The molecule has 0 aliphatic carbocycles. The third-order valence-electron chi connectivity index (χ3n) is 3.93. The third kappa shape index (κ3) is 5.40. The molecule has 0 fully saturated rings. The van der Waals surface area contributed by atoms with E-state index in [4.69, 9.17) is 20.8 Å². The zero-order valence-corrected chi connectivity index (χ0v) is 15.6. The summed E-state index contributed by atoms with van der Waals surface area (Å²) in [5.41, 5.74) is 2.19. The first-order valence-electron chi connectivity index (χ1n) is 7.70. The van der Waals surface area contributed by atoms with Crippen LogP contribution in [0.25, 0.3) is 0 Å². The summed E-state index contributed by atoms with van der Waals surface area (Å²) in [7, 11) is -1.69. The van der Waals surface area contributed by atoms with E-state index < -0.39 is 8.32 Å². The molecule has 0 unspecified atom stereocenters. The standard InChI is InChI=1S/C17H27ClO2Si/c1-6-21(7-2,8-3)20-17(14(4)5)19-13-15-9-11-16(18)12-10-15/h9-12H,6-8,13H2,1-5H3. The Morgan fingerprint density at radius 2 is 1.52 bits per heavy atom. The summed E-state index contributed by atoms with van der Waals surface area (Å²) in [6.45, 7) is 11.3. The van der Waals surface area contributed by atoms with Gasteiger partial charge in [0.1, 0.15) is 6.61 Å². The highest BCUT2D eigenvalue weighted by Crippen LogP contribution is 2.27. The van der Waals surface area contributed by atoms with Crippen molar-refractivity contribution in [2.45, 2.75) is 59.4 Å². The van der Waals surface area contributed by atoms with Crippen LogP contribution in [0.3, 0.4) is 0 Å². The van der Waals surface area contributed by atoms with Gasteiger partial charge in [0.2, 0.25) is 0 Å². The molecule has 0 atom stereocenters. The summed E-state index contributed by atoms with van der Waals surface area (Å²) in [5, 5.41) is 0.742. The van der Waals surface area contributed by atoms with Crippen molar-refractivity contribution in [2.24, 2.45) is 0 Å². The quantitative estimate of drug-likeness (QED) is 0.422. The zero-order chi connectivity index (χ0) is 15.9. The number of hydrogen-bond donors (Lipinski definition) is 0. The Bertz CT molecular complexity index is 452. The van der Waals surface area contributed by atoms with E-state index in [-0.39, 0.29) is 0 Å². The lowest BCUT2D eigenvalue weighted by molar-refractivity contribution is 0.0855. The van der Waals surface area contributed by atoms with Crippen molar-refractivity contribution in [1.29, 1.82) is 0 Å². The van der Waals surface area contributed by atoms with E-state index in [0.29, 0.717) is 12.6 Å². The molecule has 21 heavy (non-hydrogen) atoms. The maximum atomic E-state index is 6.36. The molecule has 0 saturated carbocycles. The summed E-state index contributed by atoms with van der Waals surface area (Å²) < 4.78 is 12.3. The number of hydrogen-bond acceptors (Lipinski definition) is 2. The number of rotatable bonds is 8. The Morgan fingerprint density at radius 3 is 1.95 bits per heavy atom. The Kier molecular flexibility index (Phi) is 7.33. The van der Waals surface area contributed by atoms with Crippen molar-refractivity contribution in [2.75, 3.05) is 0 Å². The van der Waals surface area contributed by atoms with Gasteiger partial charge in [-0.2, -0.15) is 0 Å². The van der Waals surface area contributed by atoms with Crippen LogP contribution in [0.4, 0.5) is 0 Å². The van der Waals surface area contributed by atoms with E-state index >= 15 is 0 Å². The molecule has 0 N–H and O–H groups in total. The molecule has 0 spiro atoms. The molecule has 1 aromatic rings. The number of ether oxygens (including phenoxy) is 1. The lowest BCUT2D eigenvalue weighted by atomic mass is 10.2. The van der Waals surface area contributed by atoms with Crippen LogP contribution in [0.5, 0.6) is 0 Å². The second kappa shape index (κ2) is 8.50. The molecule has 0 bridgehead atoms. The lowest BCUT2D eigenvalue weighted by Gasteiger charge is -2.30. The van der Waals surface area contributed by atoms with Crippen LogP contribution in [-0.2, 0) is 15.8 Å². The van der Waals surface area contributed by atoms with Crippen LogP contribution in [-0.4, -0.2) is 8.32 Å². The largest absolute Gasteiger partial charge is 0.519 e. The first-order chi connectivity index (χ1) is 9.96. The van der Waals surface area contributed by atoms with Crippen LogP contribution in [0.2, 0.25) is 23.2 Å². The SMILES string of the molecule is CC[Si](CC)(CC)OC(OCc1ccc(Cl)cc1)=C(C)C. The molecule has 0 aromatic heterocycles. The molecule has 0 heterocycles. The number of halogens is 1. The lowest BCUT2D eigenvalue weighted by Crippen LogP contribution is -2.36. The van der Waals surface area contributed by atoms with Gasteiger partial charge in [0.25, 0.3) is 14.3 Å². The van der Waals surface area contributed by atoms with Crippen molar-refractivity contribution in [3.8, 4) is 0 Å². The molecule has 1 aromatic carbocycles. The van der Waals surface area contributed by atoms with Gasteiger partial charge in [0, 0.05) is 10.6 Å². The van der Waals surface area contributed by atoms with Gasteiger partial charge in [-0.25, -0.2) is 0 Å². The Labute approximate surface area is 135 Å². The fourth-order valence-corrected chi connectivity index (χ4v) is 4.88. The topological polar surface area (TPSA) is 18.5 Å². The summed E-state index contributed by atoms with van der Waals surface area (Å²) in [5.74, 6) is 0.710. The average Bonchev–Trinajstić information content (AvgIpc) is 2.49. The van der Waals surface area contributed by atoms with Gasteiger partial charge in [0.15, 0.2) is 0 Å². The second-order valence-corrected chi connectivity index (χ2v) is 10.7. The third-order valence-corrected chi connectivity index (χ3v) is 8.67. The minimum atomic E-state index is -1.69. The van der Waals surface area contributed by atoms with Crippen molar-refractivity contribution >= 4 is 19.9 Å². The Hall–Kier alpha value is -0.933. The van der Waals surface area contributed by atoms with Crippen molar-refractivity contribution < 1.29 is 9.16 Å². The van der Waals surface area contributed by atoms with Crippen LogP contribution in [0.1, 0.15) is 40.2 Å². The van der Waals surface area contributed by atoms with Crippen molar-refractivity contribution in [3.63, 3.8) is 0 Å². The van der Waals surface area contributed by atoms with Gasteiger partial charge in [-0.05, 0) is 49.7 Å². The summed E-state index contributed by atoms with van der Waals surface area (Å²) >= 11 is 5.90. The molecule has 0 aliphatic heterocycles. The fourth-order valence-electron chi connectivity index (χ4n) is 2.17. The maximum Gasteiger partial charge on any atom is 0.264 e. The zero-order valence-electron chi connectivity index (χ0n) is 13.8. The molecule has 118 valence electrons. The fraction of sp³-hybridized carbons (Fsp3) is 0.529. The first kappa shape index (κ1) is 18.1. The molecule has 2 nitrogen and oxygen atoms in total. The number of benzene rings is 1. The predicted molar refractivity (Wildman–Crippen MR) is 92.9 cm³/mol. The van der Waals surface area contributed by atoms with E-state index in [1.165, 1.54) is 0 Å². The monoisotopic (exact) mass is 326 g/mol. The summed E-state index contributed by atoms with van der Waals surface area (Å²) in [6.07, 6.45) is 0. The summed E-state index contributed by atoms with van der Waals surface area (Å²) in [6, 6.07) is 11.1. The minimum absolute atomic E-state index is 0.513. The molecule has 1 rings (SSSR count). The highest BCUT2D eigenvalue weighted by Gasteiger charge is 2.32. The van der Waals surface area contributed by atoms with Crippen molar-refractivity contribution in [1.82, 2.24) is 0 Å². The maximum absolute atomic E-state index is 6.36. The molecule has 4 heteroatoms. The molecule has 0 radical (unpaired) electrons. The minimum Gasteiger partial charge on any atom is -0.519 e. The van der Waals surface area contributed by atoms with E-state index in [1.807, 2.05) is 38.1 Å². The summed E-state index contributed by atoms with van der Waals surface area (Å²) in [4.78, 5) is 0. The van der Waals surface area contributed by atoms with Gasteiger partial charge in [-0.1, -0.05) is 44.5 Å².